The van der Waals surface area contributed by atoms with Crippen LogP contribution >= 0.6 is 11.3 Å². The molecular formula is C16H18N2O2S. The van der Waals surface area contributed by atoms with Crippen LogP contribution in [0, 0.1) is 0 Å². The monoisotopic (exact) mass is 302 g/mol. The molecule has 0 aliphatic carbocycles. The zero-order valence-corrected chi connectivity index (χ0v) is 13.1. The number of anilines is 1. The minimum Gasteiger partial charge on any atom is -0.347 e. The zero-order chi connectivity index (χ0) is 15.5. The van der Waals surface area contributed by atoms with E-state index in [9.17, 15) is 9.59 Å². The smallest absolute Gasteiger partial charge is 0.265 e. The molecule has 0 bridgehead atoms. The summed E-state index contributed by atoms with van der Waals surface area (Å²) in [4.78, 5) is 24.7. The lowest BCUT2D eigenvalue weighted by atomic mass is 10.1. The van der Waals surface area contributed by atoms with Crippen LogP contribution in [0.4, 0.5) is 5.69 Å². The van der Waals surface area contributed by atoms with Gasteiger partial charge in [-0.05, 0) is 50.4 Å². The molecule has 0 aliphatic heterocycles. The summed E-state index contributed by atoms with van der Waals surface area (Å²) in [5.74, 6) is -0.326. The first-order valence-electron chi connectivity index (χ1n) is 6.62. The van der Waals surface area contributed by atoms with Crippen LogP contribution in [0.1, 0.15) is 40.8 Å². The van der Waals surface area contributed by atoms with Crippen LogP contribution in [0.2, 0.25) is 0 Å². The van der Waals surface area contributed by atoms with Gasteiger partial charge in [-0.1, -0.05) is 12.1 Å². The van der Waals surface area contributed by atoms with Crippen molar-refractivity contribution >= 4 is 28.8 Å². The van der Waals surface area contributed by atoms with Crippen molar-refractivity contribution in [2.45, 2.75) is 26.3 Å². The Balaban J connectivity index is 2.11. The topological polar surface area (TPSA) is 58.2 Å². The first-order valence-corrected chi connectivity index (χ1v) is 7.50. The lowest BCUT2D eigenvalue weighted by molar-refractivity contribution is 0.0918. The van der Waals surface area contributed by atoms with Gasteiger partial charge in [0.15, 0.2) is 0 Å². The molecule has 4 nitrogen and oxygen atoms in total. The lowest BCUT2D eigenvalue weighted by Gasteiger charge is -2.20. The molecule has 0 saturated carbocycles. The quantitative estimate of drug-likeness (QED) is 0.911. The molecule has 0 saturated heterocycles. The summed E-state index contributed by atoms with van der Waals surface area (Å²) >= 11 is 1.38. The average molecular weight is 302 g/mol. The number of rotatable bonds is 3. The Kier molecular flexibility index (Phi) is 4.43. The average Bonchev–Trinajstić information content (AvgIpc) is 2.91. The van der Waals surface area contributed by atoms with Crippen molar-refractivity contribution in [2.24, 2.45) is 0 Å². The summed E-state index contributed by atoms with van der Waals surface area (Å²) in [5, 5.41) is 7.54. The van der Waals surface area contributed by atoms with Crippen LogP contribution in [0.25, 0.3) is 0 Å². The first-order chi connectivity index (χ1) is 9.85. The van der Waals surface area contributed by atoms with Gasteiger partial charge in [-0.3, -0.25) is 9.59 Å². The predicted molar refractivity (Wildman–Crippen MR) is 85.9 cm³/mol. The van der Waals surface area contributed by atoms with Gasteiger partial charge in [-0.25, -0.2) is 0 Å². The molecule has 110 valence electrons. The second kappa shape index (κ2) is 6.10. The Labute approximate surface area is 128 Å². The lowest BCUT2D eigenvalue weighted by Crippen LogP contribution is -2.40. The third-order valence-corrected chi connectivity index (χ3v) is 3.48. The minimum atomic E-state index is -0.298. The third kappa shape index (κ3) is 4.43. The van der Waals surface area contributed by atoms with E-state index in [0.717, 1.165) is 0 Å². The van der Waals surface area contributed by atoms with Gasteiger partial charge in [-0.2, -0.15) is 0 Å². The largest absolute Gasteiger partial charge is 0.347 e. The van der Waals surface area contributed by atoms with E-state index in [0.29, 0.717) is 16.1 Å². The molecule has 5 heteroatoms. The van der Waals surface area contributed by atoms with Crippen molar-refractivity contribution in [1.29, 1.82) is 0 Å². The van der Waals surface area contributed by atoms with Crippen LogP contribution < -0.4 is 10.6 Å². The normalized spacial score (nSPS) is 11.0. The molecule has 2 amide bonds. The maximum absolute atomic E-state index is 12.1. The molecule has 2 rings (SSSR count). The maximum Gasteiger partial charge on any atom is 0.265 e. The van der Waals surface area contributed by atoms with Crippen LogP contribution in [-0.2, 0) is 0 Å². The fourth-order valence-corrected chi connectivity index (χ4v) is 2.37. The van der Waals surface area contributed by atoms with Gasteiger partial charge in [0.2, 0.25) is 0 Å². The highest BCUT2D eigenvalue weighted by molar-refractivity contribution is 7.12. The summed E-state index contributed by atoms with van der Waals surface area (Å²) in [6.07, 6.45) is 0. The van der Waals surface area contributed by atoms with Gasteiger partial charge in [0.05, 0.1) is 4.88 Å². The van der Waals surface area contributed by atoms with Crippen molar-refractivity contribution in [3.05, 3.63) is 52.2 Å². The SMILES string of the molecule is CC(C)(C)NC(=O)c1cccc(NC(=O)c2cccs2)c1. The van der Waals surface area contributed by atoms with E-state index in [2.05, 4.69) is 10.6 Å². The number of carbonyl (C=O) groups excluding carboxylic acids is 2. The Hall–Kier alpha value is -2.14. The second-order valence-corrected chi connectivity index (χ2v) is 6.66. The van der Waals surface area contributed by atoms with Gasteiger partial charge < -0.3 is 10.6 Å². The first kappa shape index (κ1) is 15.3. The second-order valence-electron chi connectivity index (χ2n) is 5.72. The van der Waals surface area contributed by atoms with Gasteiger partial charge in [0.25, 0.3) is 11.8 Å². The van der Waals surface area contributed by atoms with Crippen molar-refractivity contribution in [3.63, 3.8) is 0 Å². The Morgan fingerprint density at radius 3 is 2.43 bits per heavy atom. The summed E-state index contributed by atoms with van der Waals surface area (Å²) in [5.41, 5.74) is 0.830. The molecule has 1 heterocycles. The van der Waals surface area contributed by atoms with E-state index in [1.54, 1.807) is 30.3 Å². The van der Waals surface area contributed by atoms with Crippen molar-refractivity contribution in [3.8, 4) is 0 Å². The Morgan fingerprint density at radius 1 is 1.05 bits per heavy atom. The van der Waals surface area contributed by atoms with E-state index in [1.807, 2.05) is 32.2 Å². The van der Waals surface area contributed by atoms with Gasteiger partial charge >= 0.3 is 0 Å². The molecule has 0 unspecified atom stereocenters. The van der Waals surface area contributed by atoms with Gasteiger partial charge in [-0.15, -0.1) is 11.3 Å². The summed E-state index contributed by atoms with van der Waals surface area (Å²) < 4.78 is 0. The van der Waals surface area contributed by atoms with Crippen LogP contribution in [0.15, 0.2) is 41.8 Å². The number of amides is 2. The number of benzene rings is 1. The molecule has 1 aromatic carbocycles. The van der Waals surface area contributed by atoms with Crippen LogP contribution in [0.3, 0.4) is 0 Å². The van der Waals surface area contributed by atoms with Crippen LogP contribution in [0.5, 0.6) is 0 Å². The Morgan fingerprint density at radius 2 is 1.81 bits per heavy atom. The van der Waals surface area contributed by atoms with Crippen LogP contribution in [-0.4, -0.2) is 17.4 Å². The maximum atomic E-state index is 12.1. The molecule has 1 aromatic heterocycles. The highest BCUT2D eigenvalue weighted by Gasteiger charge is 2.15. The number of hydrogen-bond acceptors (Lipinski definition) is 3. The van der Waals surface area contributed by atoms with E-state index in [-0.39, 0.29) is 17.4 Å². The van der Waals surface area contributed by atoms with E-state index < -0.39 is 0 Å². The molecule has 0 spiro atoms. The number of hydrogen-bond donors (Lipinski definition) is 2. The highest BCUT2D eigenvalue weighted by Crippen LogP contribution is 2.15. The number of carbonyl (C=O) groups is 2. The molecule has 21 heavy (non-hydrogen) atoms. The fraction of sp³-hybridized carbons (Fsp3) is 0.250. The molecule has 2 N–H and O–H groups in total. The zero-order valence-electron chi connectivity index (χ0n) is 12.3. The van der Waals surface area contributed by atoms with Gasteiger partial charge in [0, 0.05) is 16.8 Å². The van der Waals surface area contributed by atoms with E-state index >= 15 is 0 Å². The molecule has 0 atom stereocenters. The Bertz CT molecular complexity index is 643. The predicted octanol–water partition coefficient (Wildman–Crippen LogP) is 3.53. The third-order valence-electron chi connectivity index (χ3n) is 2.62. The summed E-state index contributed by atoms with van der Waals surface area (Å²) in [6, 6.07) is 10.5. The number of thiophene rings is 1. The van der Waals surface area contributed by atoms with Crippen molar-refractivity contribution < 1.29 is 9.59 Å². The van der Waals surface area contributed by atoms with Crippen molar-refractivity contribution in [2.75, 3.05) is 5.32 Å². The van der Waals surface area contributed by atoms with E-state index in [1.165, 1.54) is 11.3 Å². The highest BCUT2D eigenvalue weighted by atomic mass is 32.1. The summed E-state index contributed by atoms with van der Waals surface area (Å²) in [7, 11) is 0. The molecule has 0 aliphatic rings. The molecule has 0 radical (unpaired) electrons. The molecule has 2 aromatic rings. The van der Waals surface area contributed by atoms with Gasteiger partial charge in [0.1, 0.15) is 0 Å². The van der Waals surface area contributed by atoms with Crippen molar-refractivity contribution in [1.82, 2.24) is 5.32 Å². The minimum absolute atomic E-state index is 0.158. The summed E-state index contributed by atoms with van der Waals surface area (Å²) in [6.45, 7) is 5.77. The van der Waals surface area contributed by atoms with E-state index in [4.69, 9.17) is 0 Å². The fourth-order valence-electron chi connectivity index (χ4n) is 1.75. The molecular weight excluding hydrogens is 284 g/mol. The standard InChI is InChI=1S/C16H18N2O2S/c1-16(2,3)18-14(19)11-6-4-7-12(10-11)17-15(20)13-8-5-9-21-13/h4-10H,1-3H3,(H,17,20)(H,18,19). The molecule has 0 fully saturated rings. The number of nitrogens with one attached hydrogen (secondary N) is 2.